The molecular formula is C23H18FN5. The molecule has 3 aromatic rings. The molecule has 0 radical (unpaired) electrons. The van der Waals surface area contributed by atoms with Crippen molar-refractivity contribution in [2.45, 2.75) is 13.8 Å². The number of nitrogens with zero attached hydrogens (tertiary/aromatic N) is 3. The zero-order chi connectivity index (χ0) is 20.8. The molecule has 0 atom stereocenters. The summed E-state index contributed by atoms with van der Waals surface area (Å²) in [4.78, 5) is 4.34. The first-order chi connectivity index (χ1) is 14.0. The van der Waals surface area contributed by atoms with Crippen LogP contribution in [0.15, 0.2) is 54.6 Å². The minimum absolute atomic E-state index is 0.0867. The lowest BCUT2D eigenvalue weighted by Gasteiger charge is -2.15. The third-order valence-corrected chi connectivity index (χ3v) is 4.28. The van der Waals surface area contributed by atoms with Crippen molar-refractivity contribution in [2.75, 3.05) is 10.6 Å². The second kappa shape index (κ2) is 8.69. The molecule has 3 rings (SSSR count). The summed E-state index contributed by atoms with van der Waals surface area (Å²) in [5.41, 5.74) is 4.93. The number of allylic oxidation sites excluding steroid dienone is 1. The Bertz CT molecular complexity index is 1130. The smallest absolute Gasteiger partial charge is 0.168 e. The van der Waals surface area contributed by atoms with Gasteiger partial charge in [0.05, 0.1) is 17.7 Å². The van der Waals surface area contributed by atoms with Crippen LogP contribution in [0, 0.1) is 42.3 Å². The zero-order valence-corrected chi connectivity index (χ0v) is 16.0. The van der Waals surface area contributed by atoms with Crippen LogP contribution in [0.25, 0.3) is 6.08 Å². The highest BCUT2D eigenvalue weighted by Crippen LogP contribution is 2.27. The molecule has 5 nitrogen and oxygen atoms in total. The van der Waals surface area contributed by atoms with Crippen LogP contribution < -0.4 is 10.6 Å². The van der Waals surface area contributed by atoms with Gasteiger partial charge in [0.1, 0.15) is 5.82 Å². The van der Waals surface area contributed by atoms with Crippen LogP contribution >= 0.6 is 0 Å². The van der Waals surface area contributed by atoms with E-state index >= 15 is 0 Å². The van der Waals surface area contributed by atoms with Crippen LogP contribution in [-0.4, -0.2) is 4.98 Å². The number of aryl methyl sites for hydroxylation is 2. The monoisotopic (exact) mass is 383 g/mol. The Balaban J connectivity index is 1.85. The largest absolute Gasteiger partial charge is 0.340 e. The number of nitrogens with one attached hydrogen (secondary N) is 2. The summed E-state index contributed by atoms with van der Waals surface area (Å²) in [5, 5.41) is 23.7. The minimum Gasteiger partial charge on any atom is -0.340 e. The second-order valence-corrected chi connectivity index (χ2v) is 6.46. The van der Waals surface area contributed by atoms with E-state index in [-0.39, 0.29) is 5.82 Å². The van der Waals surface area contributed by atoms with E-state index in [1.807, 2.05) is 38.1 Å². The minimum atomic E-state index is -0.481. The Labute approximate surface area is 168 Å². The molecular weight excluding hydrogens is 365 g/mol. The highest BCUT2D eigenvalue weighted by atomic mass is 19.1. The van der Waals surface area contributed by atoms with Crippen LogP contribution in [0.1, 0.15) is 22.3 Å². The summed E-state index contributed by atoms with van der Waals surface area (Å²) in [7, 11) is 0. The van der Waals surface area contributed by atoms with Crippen molar-refractivity contribution in [1.29, 1.82) is 10.5 Å². The maximum atomic E-state index is 14.2. The van der Waals surface area contributed by atoms with E-state index in [1.54, 1.807) is 36.4 Å². The topological polar surface area (TPSA) is 84.5 Å². The predicted molar refractivity (Wildman–Crippen MR) is 112 cm³/mol. The van der Waals surface area contributed by atoms with Gasteiger partial charge in [-0.2, -0.15) is 10.5 Å². The van der Waals surface area contributed by atoms with Crippen molar-refractivity contribution >= 4 is 29.1 Å². The summed E-state index contributed by atoms with van der Waals surface area (Å²) in [5.74, 6) is 0.1000. The fourth-order valence-corrected chi connectivity index (χ4v) is 2.92. The van der Waals surface area contributed by atoms with E-state index in [1.165, 1.54) is 12.1 Å². The van der Waals surface area contributed by atoms with Crippen molar-refractivity contribution < 1.29 is 4.39 Å². The summed E-state index contributed by atoms with van der Waals surface area (Å²) in [6.07, 6.45) is 3.18. The van der Waals surface area contributed by atoms with Crippen LogP contribution in [-0.2, 0) is 0 Å². The van der Waals surface area contributed by atoms with Gasteiger partial charge < -0.3 is 10.6 Å². The molecule has 142 valence electrons. The number of nitriles is 2. The molecule has 0 unspecified atom stereocenters. The lowest BCUT2D eigenvalue weighted by atomic mass is 10.0. The first-order valence-electron chi connectivity index (χ1n) is 8.88. The molecule has 0 saturated heterocycles. The molecule has 0 aliphatic rings. The third kappa shape index (κ3) is 4.77. The number of anilines is 4. The van der Waals surface area contributed by atoms with Gasteiger partial charge >= 0.3 is 0 Å². The zero-order valence-electron chi connectivity index (χ0n) is 16.0. The number of hydrogen-bond acceptors (Lipinski definition) is 5. The Morgan fingerprint density at radius 1 is 0.966 bits per heavy atom. The number of hydrogen-bond donors (Lipinski definition) is 2. The maximum Gasteiger partial charge on any atom is 0.168 e. The third-order valence-electron chi connectivity index (χ3n) is 4.28. The maximum absolute atomic E-state index is 14.2. The summed E-state index contributed by atoms with van der Waals surface area (Å²) >= 11 is 0. The molecule has 0 saturated carbocycles. The Morgan fingerprint density at radius 2 is 1.66 bits per heavy atom. The molecule has 1 aromatic heterocycles. The molecule has 0 aliphatic carbocycles. The Hall–Kier alpha value is -4.16. The van der Waals surface area contributed by atoms with Crippen molar-refractivity contribution in [3.8, 4) is 12.1 Å². The molecule has 0 aliphatic heterocycles. The number of benzene rings is 2. The van der Waals surface area contributed by atoms with E-state index < -0.39 is 5.82 Å². The van der Waals surface area contributed by atoms with E-state index in [0.717, 1.165) is 22.4 Å². The SMILES string of the molecule is Cc1cc(/C=C/C#N)cc(C)c1Nc1ccc(F)c(Nc2ccc(C#N)cc2)n1. The van der Waals surface area contributed by atoms with Crippen molar-refractivity contribution in [3.05, 3.63) is 82.7 Å². The number of pyridine rings is 1. The van der Waals surface area contributed by atoms with Gasteiger partial charge in [0, 0.05) is 17.5 Å². The second-order valence-electron chi connectivity index (χ2n) is 6.46. The van der Waals surface area contributed by atoms with Gasteiger partial charge in [-0.1, -0.05) is 0 Å². The molecule has 29 heavy (non-hydrogen) atoms. The summed E-state index contributed by atoms with van der Waals surface area (Å²) in [6, 6.07) is 17.6. The first-order valence-corrected chi connectivity index (χ1v) is 8.88. The fraction of sp³-hybridized carbons (Fsp3) is 0.0870. The van der Waals surface area contributed by atoms with Crippen LogP contribution in [0.4, 0.5) is 27.4 Å². The average Bonchev–Trinajstić information content (AvgIpc) is 2.72. The predicted octanol–water partition coefficient (Wildman–Crippen LogP) is 5.73. The van der Waals surface area contributed by atoms with Gasteiger partial charge in [0.25, 0.3) is 0 Å². The summed E-state index contributed by atoms with van der Waals surface area (Å²) < 4.78 is 14.2. The van der Waals surface area contributed by atoms with Gasteiger partial charge in [0.15, 0.2) is 11.6 Å². The molecule has 2 N–H and O–H groups in total. The lowest BCUT2D eigenvalue weighted by Crippen LogP contribution is -2.03. The Kier molecular flexibility index (Phi) is 5.87. The van der Waals surface area contributed by atoms with Crippen molar-refractivity contribution in [3.63, 3.8) is 0 Å². The molecule has 1 heterocycles. The van der Waals surface area contributed by atoms with Crippen molar-refractivity contribution in [1.82, 2.24) is 4.98 Å². The average molecular weight is 383 g/mol. The van der Waals surface area contributed by atoms with Crippen molar-refractivity contribution in [2.24, 2.45) is 0 Å². The lowest BCUT2D eigenvalue weighted by molar-refractivity contribution is 0.627. The fourth-order valence-electron chi connectivity index (χ4n) is 2.92. The van der Waals surface area contributed by atoms with E-state index in [0.29, 0.717) is 17.1 Å². The van der Waals surface area contributed by atoms with Gasteiger partial charge in [-0.15, -0.1) is 0 Å². The molecule has 0 amide bonds. The molecule has 0 fully saturated rings. The highest BCUT2D eigenvalue weighted by molar-refractivity contribution is 5.70. The highest BCUT2D eigenvalue weighted by Gasteiger charge is 2.10. The van der Waals surface area contributed by atoms with Gasteiger partial charge in [0.2, 0.25) is 0 Å². The van der Waals surface area contributed by atoms with E-state index in [2.05, 4.69) is 15.6 Å². The standard InChI is InChI=1S/C23H18FN5/c1-15-12-18(4-3-11-25)13-16(2)22(15)28-21-10-9-20(24)23(29-21)27-19-7-5-17(14-26)6-8-19/h3-10,12-13H,1-2H3,(H2,27,28,29)/b4-3+. The van der Waals surface area contributed by atoms with Gasteiger partial charge in [-0.25, -0.2) is 9.37 Å². The van der Waals surface area contributed by atoms with Gasteiger partial charge in [-0.05, 0) is 85.1 Å². The van der Waals surface area contributed by atoms with E-state index in [9.17, 15) is 4.39 Å². The van der Waals surface area contributed by atoms with Crippen LogP contribution in [0.5, 0.6) is 0 Å². The number of aromatic nitrogens is 1. The Morgan fingerprint density at radius 3 is 2.28 bits per heavy atom. The van der Waals surface area contributed by atoms with Crippen LogP contribution in [0.2, 0.25) is 0 Å². The van der Waals surface area contributed by atoms with E-state index in [4.69, 9.17) is 10.5 Å². The van der Waals surface area contributed by atoms with Crippen LogP contribution in [0.3, 0.4) is 0 Å². The number of halogens is 1. The van der Waals surface area contributed by atoms with Gasteiger partial charge in [-0.3, -0.25) is 0 Å². The molecule has 0 bridgehead atoms. The molecule has 2 aromatic carbocycles. The molecule has 0 spiro atoms. The normalized spacial score (nSPS) is 10.4. The molecule has 6 heteroatoms. The first kappa shape index (κ1) is 19.6. The number of rotatable bonds is 5. The quantitative estimate of drug-likeness (QED) is 0.549. The summed E-state index contributed by atoms with van der Waals surface area (Å²) in [6.45, 7) is 3.91.